The molecule has 0 saturated heterocycles. The van der Waals surface area contributed by atoms with Gasteiger partial charge in [0.15, 0.2) is 0 Å². The van der Waals surface area contributed by atoms with Gasteiger partial charge in [-0.1, -0.05) is 6.92 Å². The number of hydrogen-bond donors (Lipinski definition) is 2. The van der Waals surface area contributed by atoms with Crippen LogP contribution < -0.4 is 10.6 Å². The smallest absolute Gasteiger partial charge is 0.306 e. The van der Waals surface area contributed by atoms with Crippen LogP contribution in [0.4, 0.5) is 0 Å². The van der Waals surface area contributed by atoms with Gasteiger partial charge in [-0.05, 0) is 13.0 Å². The summed E-state index contributed by atoms with van der Waals surface area (Å²) >= 11 is 0. The number of carbonyl (C=O) groups excluding carboxylic acids is 2. The van der Waals surface area contributed by atoms with Crippen LogP contribution in [0.1, 0.15) is 26.2 Å². The molecule has 130 valence electrons. The third kappa shape index (κ3) is 12.6. The second-order valence-corrected chi connectivity index (χ2v) is 4.99. The fourth-order valence-corrected chi connectivity index (χ4v) is 1.96. The van der Waals surface area contributed by atoms with E-state index in [-0.39, 0.29) is 11.9 Å². The van der Waals surface area contributed by atoms with Crippen molar-refractivity contribution >= 4 is 11.9 Å². The molecule has 0 aromatic rings. The number of nitrogens with zero attached hydrogens (tertiary/aromatic N) is 1. The Hall–Kier alpha value is -1.18. The van der Waals surface area contributed by atoms with Gasteiger partial charge in [-0.25, -0.2) is 0 Å². The van der Waals surface area contributed by atoms with E-state index in [9.17, 15) is 9.59 Å². The summed E-state index contributed by atoms with van der Waals surface area (Å²) in [6.45, 7) is 7.92. The SMILES string of the molecule is CCCN(CCNCCNCCC(=O)OC)CCC(=O)OC. The maximum Gasteiger partial charge on any atom is 0.306 e. The molecule has 0 fully saturated rings. The van der Waals surface area contributed by atoms with E-state index in [0.29, 0.717) is 19.4 Å². The maximum absolute atomic E-state index is 11.2. The lowest BCUT2D eigenvalue weighted by molar-refractivity contribution is -0.141. The molecule has 0 heterocycles. The second-order valence-electron chi connectivity index (χ2n) is 4.99. The van der Waals surface area contributed by atoms with E-state index < -0.39 is 0 Å². The first-order valence-corrected chi connectivity index (χ1v) is 7.91. The van der Waals surface area contributed by atoms with Crippen LogP contribution >= 0.6 is 0 Å². The maximum atomic E-state index is 11.2. The number of carbonyl (C=O) groups is 2. The molecule has 22 heavy (non-hydrogen) atoms. The van der Waals surface area contributed by atoms with Crippen LogP contribution in [0.15, 0.2) is 0 Å². The number of nitrogens with one attached hydrogen (secondary N) is 2. The van der Waals surface area contributed by atoms with Crippen molar-refractivity contribution in [2.45, 2.75) is 26.2 Å². The summed E-state index contributed by atoms with van der Waals surface area (Å²) in [7, 11) is 2.81. The number of hydrogen-bond acceptors (Lipinski definition) is 7. The molecule has 0 rings (SSSR count). The zero-order valence-electron chi connectivity index (χ0n) is 14.2. The van der Waals surface area contributed by atoms with E-state index >= 15 is 0 Å². The average Bonchev–Trinajstić information content (AvgIpc) is 2.53. The third-order valence-electron chi connectivity index (χ3n) is 3.22. The minimum Gasteiger partial charge on any atom is -0.469 e. The summed E-state index contributed by atoms with van der Waals surface area (Å²) in [5.74, 6) is -0.356. The summed E-state index contributed by atoms with van der Waals surface area (Å²) in [6, 6.07) is 0. The summed E-state index contributed by atoms with van der Waals surface area (Å²) in [4.78, 5) is 24.3. The minimum atomic E-state index is -0.193. The van der Waals surface area contributed by atoms with Crippen molar-refractivity contribution < 1.29 is 19.1 Å². The zero-order chi connectivity index (χ0) is 16.6. The molecule has 0 saturated carbocycles. The molecule has 0 amide bonds. The normalized spacial score (nSPS) is 10.7. The molecular weight excluding hydrogens is 286 g/mol. The van der Waals surface area contributed by atoms with Crippen LogP contribution in [0.3, 0.4) is 0 Å². The number of ether oxygens (including phenoxy) is 2. The summed E-state index contributed by atoms with van der Waals surface area (Å²) in [6.07, 6.45) is 1.90. The van der Waals surface area contributed by atoms with Gasteiger partial charge >= 0.3 is 11.9 Å². The predicted octanol–water partition coefficient (Wildman–Crippen LogP) is 0.00380. The molecule has 0 aliphatic carbocycles. The Bertz CT molecular complexity index is 301. The predicted molar refractivity (Wildman–Crippen MR) is 85.7 cm³/mol. The molecule has 2 N–H and O–H groups in total. The standard InChI is InChI=1S/C15H31N3O4/c1-4-11-18(12-6-15(20)22-3)13-10-17-9-8-16-7-5-14(19)21-2/h16-17H,4-13H2,1-3H3. The molecule has 0 aromatic carbocycles. The van der Waals surface area contributed by atoms with Crippen molar-refractivity contribution in [3.63, 3.8) is 0 Å². The molecule has 0 bridgehead atoms. The van der Waals surface area contributed by atoms with Gasteiger partial charge in [0, 0.05) is 39.3 Å². The van der Waals surface area contributed by atoms with E-state index in [1.165, 1.54) is 14.2 Å². The fourth-order valence-electron chi connectivity index (χ4n) is 1.96. The van der Waals surface area contributed by atoms with Crippen molar-refractivity contribution in [2.75, 3.05) is 60.0 Å². The lowest BCUT2D eigenvalue weighted by Crippen LogP contribution is -2.36. The van der Waals surface area contributed by atoms with E-state index in [0.717, 1.165) is 45.7 Å². The van der Waals surface area contributed by atoms with Gasteiger partial charge in [-0.2, -0.15) is 0 Å². The molecule has 7 heteroatoms. The lowest BCUT2D eigenvalue weighted by atomic mass is 10.3. The Labute approximate surface area is 133 Å². The van der Waals surface area contributed by atoms with E-state index in [1.807, 2.05) is 0 Å². The van der Waals surface area contributed by atoms with Crippen LogP contribution in [0.5, 0.6) is 0 Å². The number of methoxy groups -OCH3 is 2. The molecule has 0 atom stereocenters. The summed E-state index contributed by atoms with van der Waals surface area (Å²) in [5.41, 5.74) is 0. The zero-order valence-corrected chi connectivity index (χ0v) is 14.2. The van der Waals surface area contributed by atoms with E-state index in [2.05, 4.69) is 31.9 Å². The van der Waals surface area contributed by atoms with Gasteiger partial charge in [0.2, 0.25) is 0 Å². The Morgan fingerprint density at radius 3 is 2.00 bits per heavy atom. The molecule has 0 aromatic heterocycles. The summed E-state index contributed by atoms with van der Waals surface area (Å²) < 4.78 is 9.22. The van der Waals surface area contributed by atoms with Gasteiger partial charge in [0.05, 0.1) is 27.1 Å². The Balaban J connectivity index is 3.55. The van der Waals surface area contributed by atoms with Gasteiger partial charge in [0.1, 0.15) is 0 Å². The molecule has 7 nitrogen and oxygen atoms in total. The monoisotopic (exact) mass is 317 g/mol. The van der Waals surface area contributed by atoms with Gasteiger partial charge in [-0.15, -0.1) is 0 Å². The molecule has 0 radical (unpaired) electrons. The summed E-state index contributed by atoms with van der Waals surface area (Å²) in [5, 5.41) is 6.51. The number of esters is 2. The van der Waals surface area contributed by atoms with Crippen LogP contribution in [-0.4, -0.2) is 76.9 Å². The number of rotatable bonds is 14. The van der Waals surface area contributed by atoms with Gasteiger partial charge < -0.3 is 25.0 Å². The molecular formula is C15H31N3O4. The second kappa shape index (κ2) is 14.7. The van der Waals surface area contributed by atoms with E-state index in [1.54, 1.807) is 0 Å². The Kier molecular flexibility index (Phi) is 14.0. The first-order valence-electron chi connectivity index (χ1n) is 7.91. The van der Waals surface area contributed by atoms with Crippen molar-refractivity contribution in [3.8, 4) is 0 Å². The van der Waals surface area contributed by atoms with Crippen LogP contribution in [0.2, 0.25) is 0 Å². The highest BCUT2D eigenvalue weighted by Crippen LogP contribution is 1.95. The largest absolute Gasteiger partial charge is 0.469 e. The first kappa shape index (κ1) is 20.8. The molecule has 0 aliphatic heterocycles. The van der Waals surface area contributed by atoms with Crippen molar-refractivity contribution in [1.82, 2.24) is 15.5 Å². The Morgan fingerprint density at radius 2 is 1.41 bits per heavy atom. The van der Waals surface area contributed by atoms with Crippen molar-refractivity contribution in [2.24, 2.45) is 0 Å². The molecule has 0 spiro atoms. The van der Waals surface area contributed by atoms with Gasteiger partial charge in [-0.3, -0.25) is 9.59 Å². The van der Waals surface area contributed by atoms with Gasteiger partial charge in [0.25, 0.3) is 0 Å². The Morgan fingerprint density at radius 1 is 0.818 bits per heavy atom. The van der Waals surface area contributed by atoms with Crippen molar-refractivity contribution in [3.05, 3.63) is 0 Å². The first-order chi connectivity index (χ1) is 10.6. The molecule has 0 aliphatic rings. The van der Waals surface area contributed by atoms with E-state index in [4.69, 9.17) is 0 Å². The average molecular weight is 317 g/mol. The van der Waals surface area contributed by atoms with Crippen LogP contribution in [0, 0.1) is 0 Å². The molecule has 0 unspecified atom stereocenters. The van der Waals surface area contributed by atoms with Crippen molar-refractivity contribution in [1.29, 1.82) is 0 Å². The third-order valence-corrected chi connectivity index (χ3v) is 3.22. The topological polar surface area (TPSA) is 79.9 Å². The van der Waals surface area contributed by atoms with Crippen LogP contribution in [-0.2, 0) is 19.1 Å². The lowest BCUT2D eigenvalue weighted by Gasteiger charge is -2.21. The highest BCUT2D eigenvalue weighted by molar-refractivity contribution is 5.69. The highest BCUT2D eigenvalue weighted by Gasteiger charge is 2.07. The van der Waals surface area contributed by atoms with Crippen LogP contribution in [0.25, 0.3) is 0 Å². The minimum absolute atomic E-state index is 0.163. The fraction of sp³-hybridized carbons (Fsp3) is 0.867. The quantitative estimate of drug-likeness (QED) is 0.345. The highest BCUT2D eigenvalue weighted by atomic mass is 16.5.